The molecule has 0 fully saturated rings. The fourth-order valence-electron chi connectivity index (χ4n) is 2.35. The van der Waals surface area contributed by atoms with Crippen LogP contribution in [0.2, 0.25) is 0 Å². The van der Waals surface area contributed by atoms with Gasteiger partial charge in [-0.3, -0.25) is 4.79 Å². The van der Waals surface area contributed by atoms with Gasteiger partial charge in [-0.1, -0.05) is 50.2 Å². The van der Waals surface area contributed by atoms with E-state index in [1.807, 2.05) is 42.5 Å². The van der Waals surface area contributed by atoms with Crippen molar-refractivity contribution in [3.63, 3.8) is 0 Å². The molecule has 0 aromatic heterocycles. The Kier molecular flexibility index (Phi) is 5.20. The van der Waals surface area contributed by atoms with E-state index >= 15 is 0 Å². The van der Waals surface area contributed by atoms with E-state index in [-0.39, 0.29) is 11.9 Å². The minimum Gasteiger partial charge on any atom is -0.480 e. The predicted octanol–water partition coefficient (Wildman–Crippen LogP) is 3.91. The molecular weight excluding hydrogens is 262 g/mol. The van der Waals surface area contributed by atoms with Crippen molar-refractivity contribution >= 4 is 16.7 Å². The molecule has 0 aliphatic heterocycles. The predicted molar refractivity (Wildman–Crippen MR) is 86.6 cm³/mol. The summed E-state index contributed by atoms with van der Waals surface area (Å²) in [6.07, 6.45) is 1.36. The first-order valence-electron chi connectivity index (χ1n) is 7.60. The zero-order valence-corrected chi connectivity index (χ0v) is 12.9. The fraction of sp³-hybridized carbons (Fsp3) is 0.389. The van der Waals surface area contributed by atoms with Crippen LogP contribution in [0.1, 0.15) is 33.6 Å². The lowest BCUT2D eigenvalue weighted by Gasteiger charge is -2.20. The number of benzene rings is 2. The maximum atomic E-state index is 12.2. The minimum absolute atomic E-state index is 0.0587. The van der Waals surface area contributed by atoms with E-state index < -0.39 is 6.10 Å². The van der Waals surface area contributed by atoms with Crippen LogP contribution in [0, 0.1) is 0 Å². The van der Waals surface area contributed by atoms with Gasteiger partial charge in [0.2, 0.25) is 0 Å². The van der Waals surface area contributed by atoms with Gasteiger partial charge in [-0.2, -0.15) is 0 Å². The van der Waals surface area contributed by atoms with Crippen molar-refractivity contribution in [2.24, 2.45) is 0 Å². The molecule has 1 amide bonds. The Balaban J connectivity index is 2.11. The zero-order valence-electron chi connectivity index (χ0n) is 12.9. The first kappa shape index (κ1) is 15.4. The molecule has 112 valence electrons. The van der Waals surface area contributed by atoms with Gasteiger partial charge in [-0.15, -0.1) is 0 Å². The molecule has 2 aromatic carbocycles. The molecular formula is C18H23NO2. The highest BCUT2D eigenvalue weighted by Gasteiger charge is 2.18. The van der Waals surface area contributed by atoms with Gasteiger partial charge < -0.3 is 10.1 Å². The Morgan fingerprint density at radius 1 is 1.10 bits per heavy atom. The quantitative estimate of drug-likeness (QED) is 0.873. The number of fused-ring (bicyclic) bond motifs is 1. The summed E-state index contributed by atoms with van der Waals surface area (Å²) in [7, 11) is 0. The molecule has 1 unspecified atom stereocenters. The van der Waals surface area contributed by atoms with Crippen LogP contribution < -0.4 is 10.1 Å². The lowest BCUT2D eigenvalue weighted by Crippen LogP contribution is -2.42. The molecule has 1 N–H and O–H groups in total. The summed E-state index contributed by atoms with van der Waals surface area (Å²) in [5.41, 5.74) is 0. The van der Waals surface area contributed by atoms with Crippen LogP contribution in [-0.2, 0) is 4.79 Å². The van der Waals surface area contributed by atoms with E-state index in [2.05, 4.69) is 19.2 Å². The summed E-state index contributed by atoms with van der Waals surface area (Å²) < 4.78 is 5.87. The highest BCUT2D eigenvalue weighted by Crippen LogP contribution is 2.26. The van der Waals surface area contributed by atoms with Crippen molar-refractivity contribution < 1.29 is 9.53 Å². The number of carbonyl (C=O) groups is 1. The van der Waals surface area contributed by atoms with Gasteiger partial charge in [0.25, 0.3) is 5.91 Å². The molecule has 21 heavy (non-hydrogen) atoms. The van der Waals surface area contributed by atoms with Crippen molar-refractivity contribution in [2.45, 2.75) is 45.8 Å². The lowest BCUT2D eigenvalue weighted by atomic mass is 10.1. The average Bonchev–Trinajstić information content (AvgIpc) is 2.52. The number of rotatable bonds is 6. The Morgan fingerprint density at radius 3 is 2.48 bits per heavy atom. The SMILES string of the molecule is CCC(CC)NC(=O)C(C)Oc1cccc2ccccc12. The van der Waals surface area contributed by atoms with Crippen LogP contribution in [0.3, 0.4) is 0 Å². The second kappa shape index (κ2) is 7.11. The summed E-state index contributed by atoms with van der Waals surface area (Å²) in [5.74, 6) is 0.692. The highest BCUT2D eigenvalue weighted by molar-refractivity contribution is 5.89. The summed E-state index contributed by atoms with van der Waals surface area (Å²) in [6.45, 7) is 5.94. The van der Waals surface area contributed by atoms with Crippen LogP contribution in [-0.4, -0.2) is 18.1 Å². The van der Waals surface area contributed by atoms with E-state index in [1.54, 1.807) is 6.92 Å². The minimum atomic E-state index is -0.503. The molecule has 1 atom stereocenters. The molecule has 0 saturated heterocycles. The van der Waals surface area contributed by atoms with Crippen LogP contribution in [0.25, 0.3) is 10.8 Å². The Morgan fingerprint density at radius 2 is 1.76 bits per heavy atom. The third kappa shape index (κ3) is 3.75. The van der Waals surface area contributed by atoms with Crippen LogP contribution >= 0.6 is 0 Å². The summed E-state index contributed by atoms with van der Waals surface area (Å²) in [4.78, 5) is 12.2. The van der Waals surface area contributed by atoms with E-state index in [0.29, 0.717) is 0 Å². The lowest BCUT2D eigenvalue weighted by molar-refractivity contribution is -0.128. The topological polar surface area (TPSA) is 38.3 Å². The monoisotopic (exact) mass is 285 g/mol. The number of carbonyl (C=O) groups excluding carboxylic acids is 1. The van der Waals surface area contributed by atoms with Crippen molar-refractivity contribution in [1.29, 1.82) is 0 Å². The van der Waals surface area contributed by atoms with Crippen LogP contribution in [0.15, 0.2) is 42.5 Å². The number of hydrogen-bond acceptors (Lipinski definition) is 2. The molecule has 2 aromatic rings. The second-order valence-corrected chi connectivity index (χ2v) is 5.26. The molecule has 0 radical (unpaired) electrons. The van der Waals surface area contributed by atoms with Gasteiger partial charge in [-0.05, 0) is 31.2 Å². The first-order chi connectivity index (χ1) is 10.2. The zero-order chi connectivity index (χ0) is 15.2. The van der Waals surface area contributed by atoms with Gasteiger partial charge in [-0.25, -0.2) is 0 Å². The van der Waals surface area contributed by atoms with E-state index in [1.165, 1.54) is 0 Å². The Bertz CT molecular complexity index is 600. The van der Waals surface area contributed by atoms with Gasteiger partial charge >= 0.3 is 0 Å². The van der Waals surface area contributed by atoms with Crippen LogP contribution in [0.4, 0.5) is 0 Å². The molecule has 0 aliphatic rings. The third-order valence-corrected chi connectivity index (χ3v) is 3.75. The molecule has 0 saturated carbocycles. The third-order valence-electron chi connectivity index (χ3n) is 3.75. The normalized spacial score (nSPS) is 12.4. The van der Waals surface area contributed by atoms with Gasteiger partial charge in [0.1, 0.15) is 5.75 Å². The van der Waals surface area contributed by atoms with Gasteiger partial charge in [0.15, 0.2) is 6.10 Å². The van der Waals surface area contributed by atoms with Crippen molar-refractivity contribution in [3.05, 3.63) is 42.5 Å². The summed E-state index contributed by atoms with van der Waals surface area (Å²) >= 11 is 0. The maximum Gasteiger partial charge on any atom is 0.260 e. The standard InChI is InChI=1S/C18H23NO2/c1-4-15(5-2)19-18(20)13(3)21-17-12-8-10-14-9-6-7-11-16(14)17/h6-13,15H,4-5H2,1-3H3,(H,19,20). The number of amides is 1. The average molecular weight is 285 g/mol. The molecule has 2 rings (SSSR count). The van der Waals surface area contributed by atoms with Crippen molar-refractivity contribution in [3.8, 4) is 5.75 Å². The summed E-state index contributed by atoms with van der Waals surface area (Å²) in [5, 5.41) is 5.16. The molecule has 0 bridgehead atoms. The maximum absolute atomic E-state index is 12.2. The number of ether oxygens (including phenoxy) is 1. The number of nitrogens with one attached hydrogen (secondary N) is 1. The molecule has 3 heteroatoms. The number of hydrogen-bond donors (Lipinski definition) is 1. The van der Waals surface area contributed by atoms with Gasteiger partial charge in [0.05, 0.1) is 0 Å². The fourth-order valence-corrected chi connectivity index (χ4v) is 2.35. The highest BCUT2D eigenvalue weighted by atomic mass is 16.5. The first-order valence-corrected chi connectivity index (χ1v) is 7.60. The second-order valence-electron chi connectivity index (χ2n) is 5.26. The molecule has 3 nitrogen and oxygen atoms in total. The van der Waals surface area contributed by atoms with Crippen LogP contribution in [0.5, 0.6) is 5.75 Å². The van der Waals surface area contributed by atoms with Gasteiger partial charge in [0, 0.05) is 11.4 Å². The summed E-state index contributed by atoms with van der Waals surface area (Å²) in [6, 6.07) is 14.1. The van der Waals surface area contributed by atoms with Crippen molar-refractivity contribution in [2.75, 3.05) is 0 Å². The van der Waals surface area contributed by atoms with E-state index in [9.17, 15) is 4.79 Å². The van der Waals surface area contributed by atoms with E-state index in [0.717, 1.165) is 29.4 Å². The molecule has 0 heterocycles. The molecule has 0 spiro atoms. The Labute approximate surface area is 126 Å². The Hall–Kier alpha value is -2.03. The van der Waals surface area contributed by atoms with Crippen molar-refractivity contribution in [1.82, 2.24) is 5.32 Å². The largest absolute Gasteiger partial charge is 0.480 e. The van der Waals surface area contributed by atoms with E-state index in [4.69, 9.17) is 4.74 Å². The smallest absolute Gasteiger partial charge is 0.260 e. The molecule has 0 aliphatic carbocycles.